The number of unbranched alkanes of at least 4 members (excludes halogenated alkanes) is 6. The summed E-state index contributed by atoms with van der Waals surface area (Å²) >= 11 is -1.38. The van der Waals surface area contributed by atoms with Crippen LogP contribution in [0.25, 0.3) is 0 Å². The molecule has 1 N–H and O–H groups in total. The fourth-order valence-electron chi connectivity index (χ4n) is 11.4. The number of ketones is 1. The van der Waals surface area contributed by atoms with Gasteiger partial charge in [0.25, 0.3) is 0 Å². The summed E-state index contributed by atoms with van der Waals surface area (Å²) < 4.78 is 75.4. The van der Waals surface area contributed by atoms with E-state index in [9.17, 15) is 41.2 Å². The highest BCUT2D eigenvalue weighted by atomic mass is 32.2. The fourth-order valence-corrected chi connectivity index (χ4v) is 12.6. The number of rotatable bonds is 16. The van der Waals surface area contributed by atoms with Crippen molar-refractivity contribution in [3.8, 4) is 0 Å². The summed E-state index contributed by atoms with van der Waals surface area (Å²) in [4.78, 5) is 30.0. The lowest BCUT2D eigenvalue weighted by Crippen LogP contribution is -2.49. The number of Topliss-reactive ketones (excluding diaryl/α,β-unsaturated/α-hetero) is 1. The van der Waals surface area contributed by atoms with Gasteiger partial charge in [0.15, 0.2) is 0 Å². The van der Waals surface area contributed by atoms with Gasteiger partial charge < -0.3 is 19.5 Å². The topological polar surface area (TPSA) is 83.9 Å². The lowest BCUT2D eigenvalue weighted by atomic mass is 9.52. The normalized spacial score (nSPS) is 30.8. The Balaban J connectivity index is 1.03. The SMILES string of the molecule is C[C@]12CC[C@@H]3c4ccc(C5CC(N6CCCCC6)CCN5C(=O)O)cc4C[C@@H](CCCCCCCCC[S+]([O-])CCCC(F)(F)C(F)(F)F)[C@H]3[C@@H]1CCC2=O. The number of benzene rings is 1. The standard InChI is InChI=1S/C43H63F5N2O4S/c1-41-21-18-35-34-15-14-30(37-29-33(19-24-50(37)40(52)53)49-22-9-7-10-23-49)27-32(34)28-31(39(35)36(41)16-17-38(41)51)13-8-5-3-2-4-6-11-25-55(54)26-12-20-42(44,45)43(46,47)48/h14-15,27,31,33,35-37,39H,2-13,16-26,28-29H2,1H3,(H,52,53)/t31-,33?,35-,36+,37?,39-,41+,55?/m1/s1. The van der Waals surface area contributed by atoms with Crippen LogP contribution in [0.5, 0.6) is 0 Å². The zero-order valence-corrected chi connectivity index (χ0v) is 33.6. The number of carbonyl (C=O) groups excluding carboxylic acids is 1. The van der Waals surface area contributed by atoms with Crippen LogP contribution in [0.2, 0.25) is 0 Å². The molecule has 0 radical (unpaired) electrons. The van der Waals surface area contributed by atoms with Gasteiger partial charge in [0, 0.05) is 30.8 Å². The first-order chi connectivity index (χ1) is 26.2. The fraction of sp³-hybridized carbons (Fsp3) is 0.814. The van der Waals surface area contributed by atoms with E-state index in [0.717, 1.165) is 102 Å². The van der Waals surface area contributed by atoms with Gasteiger partial charge in [-0.05, 0) is 131 Å². The van der Waals surface area contributed by atoms with Crippen molar-refractivity contribution in [2.24, 2.45) is 23.2 Å². The van der Waals surface area contributed by atoms with Gasteiger partial charge in [0.05, 0.1) is 6.04 Å². The highest BCUT2D eigenvalue weighted by Gasteiger charge is 2.57. The molecule has 1 aromatic carbocycles. The number of piperidine rings is 2. The van der Waals surface area contributed by atoms with E-state index >= 15 is 0 Å². The molecule has 2 aliphatic heterocycles. The summed E-state index contributed by atoms with van der Waals surface area (Å²) in [5, 5.41) is 10.3. The molecule has 5 aliphatic rings. The van der Waals surface area contributed by atoms with Crippen LogP contribution in [0, 0.1) is 23.2 Å². The predicted molar refractivity (Wildman–Crippen MR) is 206 cm³/mol. The summed E-state index contributed by atoms with van der Waals surface area (Å²) in [6.45, 7) is 5.01. The molecule has 0 spiro atoms. The highest BCUT2D eigenvalue weighted by Crippen LogP contribution is 2.61. The van der Waals surface area contributed by atoms with Crippen molar-refractivity contribution in [3.05, 3.63) is 34.9 Å². The summed E-state index contributed by atoms with van der Waals surface area (Å²) in [7, 11) is 0. The molecule has 2 saturated heterocycles. The zero-order valence-electron chi connectivity index (χ0n) is 32.7. The van der Waals surface area contributed by atoms with Crippen LogP contribution in [0.3, 0.4) is 0 Å². The number of likely N-dealkylation sites (tertiary alicyclic amines) is 2. The molecule has 0 aromatic heterocycles. The first kappa shape index (κ1) is 42.7. The number of nitrogens with zero attached hydrogens (tertiary/aromatic N) is 2. The Hall–Kier alpha value is -1.92. The van der Waals surface area contributed by atoms with Crippen molar-refractivity contribution >= 4 is 23.1 Å². The van der Waals surface area contributed by atoms with E-state index in [4.69, 9.17) is 0 Å². The Bertz CT molecular complexity index is 1460. The largest absolute Gasteiger partial charge is 0.616 e. The molecular weight excluding hydrogens is 736 g/mol. The second kappa shape index (κ2) is 18.3. The number of carbonyl (C=O) groups is 2. The monoisotopic (exact) mass is 798 g/mol. The van der Waals surface area contributed by atoms with Crippen molar-refractivity contribution in [1.29, 1.82) is 0 Å². The molecule has 12 heteroatoms. The Morgan fingerprint density at radius 3 is 2.33 bits per heavy atom. The number of carboxylic acid groups (broad SMARTS) is 1. The zero-order chi connectivity index (χ0) is 39.4. The van der Waals surface area contributed by atoms with Crippen molar-refractivity contribution in [1.82, 2.24) is 9.80 Å². The van der Waals surface area contributed by atoms with Crippen molar-refractivity contribution in [3.63, 3.8) is 0 Å². The molecule has 8 atom stereocenters. The quantitative estimate of drug-likeness (QED) is 0.102. The van der Waals surface area contributed by atoms with Gasteiger partial charge in [-0.25, -0.2) is 4.79 Å². The van der Waals surface area contributed by atoms with Crippen LogP contribution in [0.1, 0.15) is 158 Å². The Morgan fingerprint density at radius 2 is 1.62 bits per heavy atom. The molecule has 6 rings (SSSR count). The lowest BCUT2D eigenvalue weighted by molar-refractivity contribution is -0.284. The average Bonchev–Trinajstić information content (AvgIpc) is 3.46. The van der Waals surface area contributed by atoms with Crippen molar-refractivity contribution < 1.29 is 41.2 Å². The molecule has 2 heterocycles. The van der Waals surface area contributed by atoms with Crippen molar-refractivity contribution in [2.45, 2.75) is 165 Å². The van der Waals surface area contributed by atoms with Gasteiger partial charge >= 0.3 is 18.2 Å². The van der Waals surface area contributed by atoms with Gasteiger partial charge in [0.2, 0.25) is 0 Å². The predicted octanol–water partition coefficient (Wildman–Crippen LogP) is 10.9. The van der Waals surface area contributed by atoms with Gasteiger partial charge in [0.1, 0.15) is 17.3 Å². The van der Waals surface area contributed by atoms with E-state index in [2.05, 4.69) is 30.0 Å². The molecule has 0 bridgehead atoms. The Labute approximate surface area is 327 Å². The van der Waals surface area contributed by atoms with Crippen LogP contribution in [0.15, 0.2) is 18.2 Å². The van der Waals surface area contributed by atoms with Gasteiger partial charge in [-0.1, -0.05) is 74.8 Å². The summed E-state index contributed by atoms with van der Waals surface area (Å²) in [6.07, 6.45) is 9.93. The third-order valence-electron chi connectivity index (χ3n) is 14.5. The Morgan fingerprint density at radius 1 is 0.927 bits per heavy atom. The minimum atomic E-state index is -5.56. The molecule has 2 saturated carbocycles. The van der Waals surface area contributed by atoms with E-state index in [1.807, 2.05) is 0 Å². The second-order valence-electron chi connectivity index (χ2n) is 17.8. The van der Waals surface area contributed by atoms with Crippen LogP contribution in [-0.4, -0.2) is 80.6 Å². The molecule has 3 aliphatic carbocycles. The molecular formula is C43H63F5N2O4S. The van der Waals surface area contributed by atoms with Gasteiger partial charge in [-0.3, -0.25) is 4.79 Å². The molecule has 310 valence electrons. The maximum Gasteiger partial charge on any atom is 0.453 e. The molecule has 1 aromatic rings. The summed E-state index contributed by atoms with van der Waals surface area (Å²) in [6, 6.07) is 7.18. The third-order valence-corrected chi connectivity index (χ3v) is 16.0. The second-order valence-corrected chi connectivity index (χ2v) is 19.5. The van der Waals surface area contributed by atoms with E-state index in [1.54, 1.807) is 4.90 Å². The first-order valence-electron chi connectivity index (χ1n) is 21.4. The van der Waals surface area contributed by atoms with E-state index in [-0.39, 0.29) is 17.2 Å². The molecule has 6 nitrogen and oxygen atoms in total. The summed E-state index contributed by atoms with van der Waals surface area (Å²) in [5.41, 5.74) is 3.72. The minimum Gasteiger partial charge on any atom is -0.616 e. The number of amides is 1. The number of hydrogen-bond donors (Lipinski definition) is 1. The third kappa shape index (κ3) is 9.86. The highest BCUT2D eigenvalue weighted by molar-refractivity contribution is 7.91. The van der Waals surface area contributed by atoms with E-state index in [0.29, 0.717) is 60.6 Å². The summed E-state index contributed by atoms with van der Waals surface area (Å²) in [5.74, 6) is -2.27. The maximum absolute atomic E-state index is 13.2. The number of fused-ring (bicyclic) bond motifs is 5. The van der Waals surface area contributed by atoms with Crippen LogP contribution >= 0.6 is 0 Å². The van der Waals surface area contributed by atoms with Gasteiger partial charge in [-0.15, -0.1) is 0 Å². The lowest BCUT2D eigenvalue weighted by Gasteiger charge is -2.52. The smallest absolute Gasteiger partial charge is 0.453 e. The first-order valence-corrected chi connectivity index (χ1v) is 22.9. The number of halogens is 5. The minimum absolute atomic E-state index is 0.130. The average molecular weight is 799 g/mol. The number of hydrogen-bond acceptors (Lipinski definition) is 4. The molecule has 4 fully saturated rings. The Kier molecular flexibility index (Phi) is 14.2. The maximum atomic E-state index is 13.2. The molecule has 3 unspecified atom stereocenters. The van der Waals surface area contributed by atoms with Crippen LogP contribution in [-0.2, 0) is 22.4 Å². The molecule has 55 heavy (non-hydrogen) atoms. The van der Waals surface area contributed by atoms with Crippen molar-refractivity contribution in [2.75, 3.05) is 31.1 Å². The van der Waals surface area contributed by atoms with Gasteiger partial charge in [-0.2, -0.15) is 22.0 Å². The van der Waals surface area contributed by atoms with E-state index in [1.165, 1.54) is 30.4 Å². The van der Waals surface area contributed by atoms with Crippen LogP contribution in [0.4, 0.5) is 26.7 Å². The number of alkyl halides is 5. The van der Waals surface area contributed by atoms with Crippen LogP contribution < -0.4 is 0 Å². The molecule has 1 amide bonds. The van der Waals surface area contributed by atoms with E-state index < -0.39 is 42.2 Å².